The second-order valence-electron chi connectivity index (χ2n) is 5.75. The standard InChI is InChI=1S/C13H18ClN3O3/c1-8(13(2,3)4)16(5)12(18)10-6-9(17(19)20)7-15-11(10)14/h6-8H,1-5H3. The van der Waals surface area contributed by atoms with Crippen molar-refractivity contribution in [2.75, 3.05) is 7.05 Å². The van der Waals surface area contributed by atoms with E-state index in [-0.39, 0.29) is 33.8 Å². The molecular formula is C13H18ClN3O3. The van der Waals surface area contributed by atoms with E-state index in [1.165, 1.54) is 4.90 Å². The Morgan fingerprint density at radius 3 is 2.50 bits per heavy atom. The predicted octanol–water partition coefficient (Wildman–Crippen LogP) is 3.15. The summed E-state index contributed by atoms with van der Waals surface area (Å²) >= 11 is 5.88. The highest BCUT2D eigenvalue weighted by molar-refractivity contribution is 6.32. The Morgan fingerprint density at radius 1 is 1.50 bits per heavy atom. The molecule has 1 unspecified atom stereocenters. The lowest BCUT2D eigenvalue weighted by atomic mass is 9.87. The summed E-state index contributed by atoms with van der Waals surface area (Å²) in [5.74, 6) is -0.381. The first-order valence-electron chi connectivity index (χ1n) is 6.12. The maximum atomic E-state index is 12.4. The van der Waals surface area contributed by atoms with Crippen molar-refractivity contribution in [3.05, 3.63) is 33.1 Å². The summed E-state index contributed by atoms with van der Waals surface area (Å²) in [6.07, 6.45) is 1.03. The maximum absolute atomic E-state index is 12.4. The summed E-state index contributed by atoms with van der Waals surface area (Å²) < 4.78 is 0. The van der Waals surface area contributed by atoms with Gasteiger partial charge in [0.25, 0.3) is 11.6 Å². The van der Waals surface area contributed by atoms with E-state index in [4.69, 9.17) is 11.6 Å². The molecule has 0 saturated carbocycles. The van der Waals surface area contributed by atoms with Crippen LogP contribution in [0.5, 0.6) is 0 Å². The van der Waals surface area contributed by atoms with E-state index in [1.807, 2.05) is 27.7 Å². The smallest absolute Gasteiger partial charge is 0.288 e. The molecule has 20 heavy (non-hydrogen) atoms. The first-order valence-corrected chi connectivity index (χ1v) is 6.50. The fraction of sp³-hybridized carbons (Fsp3) is 0.538. The van der Waals surface area contributed by atoms with E-state index >= 15 is 0 Å². The van der Waals surface area contributed by atoms with Crippen LogP contribution in [0.2, 0.25) is 5.15 Å². The van der Waals surface area contributed by atoms with Crippen molar-refractivity contribution in [3.8, 4) is 0 Å². The number of carbonyl (C=O) groups is 1. The molecule has 1 aromatic rings. The highest BCUT2D eigenvalue weighted by atomic mass is 35.5. The van der Waals surface area contributed by atoms with Crippen LogP contribution in [-0.2, 0) is 0 Å². The molecule has 1 amide bonds. The number of pyridine rings is 1. The minimum Gasteiger partial charge on any atom is -0.338 e. The first kappa shape index (κ1) is 16.4. The average molecular weight is 300 g/mol. The molecule has 0 radical (unpaired) electrons. The Kier molecular flexibility index (Phi) is 4.70. The number of amides is 1. The normalized spacial score (nSPS) is 12.9. The van der Waals surface area contributed by atoms with Crippen molar-refractivity contribution >= 4 is 23.2 Å². The summed E-state index contributed by atoms with van der Waals surface area (Å²) in [4.78, 5) is 27.8. The van der Waals surface area contributed by atoms with E-state index in [1.54, 1.807) is 7.05 Å². The van der Waals surface area contributed by atoms with Crippen molar-refractivity contribution in [3.63, 3.8) is 0 Å². The van der Waals surface area contributed by atoms with Crippen LogP contribution in [0.3, 0.4) is 0 Å². The van der Waals surface area contributed by atoms with Gasteiger partial charge in [-0.3, -0.25) is 14.9 Å². The highest BCUT2D eigenvalue weighted by Crippen LogP contribution is 2.26. The summed E-state index contributed by atoms with van der Waals surface area (Å²) in [6.45, 7) is 7.94. The van der Waals surface area contributed by atoms with Gasteiger partial charge in [-0.25, -0.2) is 4.98 Å². The summed E-state index contributed by atoms with van der Waals surface area (Å²) in [7, 11) is 1.65. The number of nitrogens with zero attached hydrogens (tertiary/aromatic N) is 3. The molecule has 1 aromatic heterocycles. The van der Waals surface area contributed by atoms with Crippen molar-refractivity contribution in [2.24, 2.45) is 5.41 Å². The maximum Gasteiger partial charge on any atom is 0.288 e. The van der Waals surface area contributed by atoms with Crippen LogP contribution in [0.25, 0.3) is 0 Å². The van der Waals surface area contributed by atoms with Crippen LogP contribution in [0, 0.1) is 15.5 Å². The SMILES string of the molecule is CC(N(C)C(=O)c1cc([N+](=O)[O-])cnc1Cl)C(C)(C)C. The van der Waals surface area contributed by atoms with Gasteiger partial charge < -0.3 is 4.90 Å². The fourth-order valence-electron chi connectivity index (χ4n) is 1.63. The lowest BCUT2D eigenvalue weighted by Crippen LogP contribution is -2.43. The summed E-state index contributed by atoms with van der Waals surface area (Å²) in [5.41, 5.74) is -0.334. The lowest BCUT2D eigenvalue weighted by molar-refractivity contribution is -0.385. The molecule has 110 valence electrons. The minimum atomic E-state index is -0.604. The monoisotopic (exact) mass is 299 g/mol. The van der Waals surface area contributed by atoms with Gasteiger partial charge in [-0.2, -0.15) is 0 Å². The third kappa shape index (κ3) is 3.45. The zero-order valence-electron chi connectivity index (χ0n) is 12.2. The van der Waals surface area contributed by atoms with Crippen LogP contribution in [0.15, 0.2) is 12.3 Å². The third-order valence-corrected chi connectivity index (χ3v) is 3.72. The Morgan fingerprint density at radius 2 is 2.05 bits per heavy atom. The highest BCUT2D eigenvalue weighted by Gasteiger charge is 2.29. The lowest BCUT2D eigenvalue weighted by Gasteiger charge is -2.35. The zero-order chi connectivity index (χ0) is 15.7. The molecule has 1 rings (SSSR count). The molecule has 0 saturated heterocycles. The molecule has 0 aliphatic carbocycles. The number of carbonyl (C=O) groups excluding carboxylic acids is 1. The molecule has 0 fully saturated rings. The molecule has 0 spiro atoms. The Bertz CT molecular complexity index is 540. The van der Waals surface area contributed by atoms with E-state index in [2.05, 4.69) is 4.98 Å². The number of rotatable bonds is 3. The van der Waals surface area contributed by atoms with Crippen LogP contribution < -0.4 is 0 Å². The molecule has 1 atom stereocenters. The van der Waals surface area contributed by atoms with Crippen molar-refractivity contribution < 1.29 is 9.72 Å². The van der Waals surface area contributed by atoms with Crippen LogP contribution in [-0.4, -0.2) is 33.8 Å². The van der Waals surface area contributed by atoms with E-state index < -0.39 is 4.92 Å². The van der Waals surface area contributed by atoms with Crippen LogP contribution in [0.4, 0.5) is 5.69 Å². The summed E-state index contributed by atoms with van der Waals surface area (Å²) in [6, 6.07) is 1.09. The van der Waals surface area contributed by atoms with E-state index in [9.17, 15) is 14.9 Å². The Hall–Kier alpha value is -1.69. The van der Waals surface area contributed by atoms with Gasteiger partial charge in [0.2, 0.25) is 0 Å². The molecule has 0 aliphatic rings. The number of aromatic nitrogens is 1. The van der Waals surface area contributed by atoms with Gasteiger partial charge in [-0.05, 0) is 12.3 Å². The van der Waals surface area contributed by atoms with E-state index in [0.717, 1.165) is 12.3 Å². The summed E-state index contributed by atoms with van der Waals surface area (Å²) in [5, 5.41) is 10.7. The average Bonchev–Trinajstić information content (AvgIpc) is 2.35. The van der Waals surface area contributed by atoms with Crippen LogP contribution >= 0.6 is 11.6 Å². The zero-order valence-corrected chi connectivity index (χ0v) is 12.9. The molecule has 7 heteroatoms. The molecule has 0 aromatic carbocycles. The Labute approximate surface area is 122 Å². The number of nitro groups is 1. The molecule has 0 aliphatic heterocycles. The van der Waals surface area contributed by atoms with Gasteiger partial charge in [0.15, 0.2) is 0 Å². The second-order valence-corrected chi connectivity index (χ2v) is 6.11. The largest absolute Gasteiger partial charge is 0.338 e. The third-order valence-electron chi connectivity index (χ3n) is 3.42. The van der Waals surface area contributed by atoms with Gasteiger partial charge in [-0.15, -0.1) is 0 Å². The van der Waals surface area contributed by atoms with Gasteiger partial charge in [0.1, 0.15) is 11.3 Å². The van der Waals surface area contributed by atoms with Crippen LogP contribution in [0.1, 0.15) is 38.1 Å². The number of hydrogen-bond donors (Lipinski definition) is 0. The van der Waals surface area contributed by atoms with E-state index in [0.29, 0.717) is 0 Å². The molecule has 0 N–H and O–H groups in total. The number of hydrogen-bond acceptors (Lipinski definition) is 4. The van der Waals surface area contributed by atoms with Gasteiger partial charge in [0, 0.05) is 19.2 Å². The fourth-order valence-corrected chi connectivity index (χ4v) is 1.82. The van der Waals surface area contributed by atoms with Gasteiger partial charge in [0.05, 0.1) is 10.5 Å². The Balaban J connectivity index is 3.15. The van der Waals surface area contributed by atoms with Crippen molar-refractivity contribution in [1.29, 1.82) is 0 Å². The minimum absolute atomic E-state index is 0.0337. The molecule has 1 heterocycles. The molecule has 0 bridgehead atoms. The predicted molar refractivity (Wildman–Crippen MR) is 76.9 cm³/mol. The number of halogens is 1. The molecule has 6 nitrogen and oxygen atoms in total. The first-order chi connectivity index (χ1) is 9.05. The quantitative estimate of drug-likeness (QED) is 0.488. The topological polar surface area (TPSA) is 76.3 Å². The van der Waals surface area contributed by atoms with Gasteiger partial charge >= 0.3 is 0 Å². The second kappa shape index (κ2) is 5.75. The van der Waals surface area contributed by atoms with Crippen molar-refractivity contribution in [2.45, 2.75) is 33.7 Å². The van der Waals surface area contributed by atoms with Crippen molar-refractivity contribution in [1.82, 2.24) is 9.88 Å². The molecular weight excluding hydrogens is 282 g/mol. The van der Waals surface area contributed by atoms with Gasteiger partial charge in [-0.1, -0.05) is 32.4 Å².